The fourth-order valence-electron chi connectivity index (χ4n) is 4.91. The highest BCUT2D eigenvalue weighted by molar-refractivity contribution is 5.94. The van der Waals surface area contributed by atoms with E-state index in [1.54, 1.807) is 19.1 Å². The highest BCUT2D eigenvalue weighted by Crippen LogP contribution is 2.42. The van der Waals surface area contributed by atoms with E-state index in [4.69, 9.17) is 0 Å². The molecule has 1 amide bonds. The van der Waals surface area contributed by atoms with Gasteiger partial charge >= 0.3 is 0 Å². The second-order valence-electron chi connectivity index (χ2n) is 8.62. The number of hydrogen-bond donors (Lipinski definition) is 2. The van der Waals surface area contributed by atoms with Gasteiger partial charge in [-0.25, -0.2) is 4.39 Å². The Hall–Kier alpha value is -2.72. The van der Waals surface area contributed by atoms with E-state index < -0.39 is 11.9 Å². The van der Waals surface area contributed by atoms with Gasteiger partial charge in [0.15, 0.2) is 0 Å². The molecule has 2 aromatic carbocycles. The lowest BCUT2D eigenvalue weighted by Gasteiger charge is -2.57. The summed E-state index contributed by atoms with van der Waals surface area (Å²) < 4.78 is 13.7. The minimum Gasteiger partial charge on any atom is -0.395 e. The Bertz CT molecular complexity index is 1010. The van der Waals surface area contributed by atoms with Gasteiger partial charge in [-0.1, -0.05) is 30.0 Å². The molecule has 2 aromatic rings. The monoisotopic (exact) mass is 436 g/mol. The van der Waals surface area contributed by atoms with Gasteiger partial charge in [-0.15, -0.1) is 0 Å². The summed E-state index contributed by atoms with van der Waals surface area (Å²) in [6.45, 7) is 3.76. The van der Waals surface area contributed by atoms with Crippen LogP contribution in [0, 0.1) is 17.7 Å². The molecule has 2 aliphatic heterocycles. The van der Waals surface area contributed by atoms with Gasteiger partial charge in [-0.3, -0.25) is 9.69 Å². The van der Waals surface area contributed by atoms with Crippen LogP contribution in [-0.2, 0) is 0 Å². The Morgan fingerprint density at radius 1 is 1.19 bits per heavy atom. The Balaban J connectivity index is 1.56. The van der Waals surface area contributed by atoms with Gasteiger partial charge in [-0.2, -0.15) is 0 Å². The van der Waals surface area contributed by atoms with Crippen LogP contribution in [0.5, 0.6) is 0 Å². The molecule has 0 saturated carbocycles. The number of carbonyl (C=O) groups excluding carboxylic acids is 1. The predicted octanol–water partition coefficient (Wildman–Crippen LogP) is 2.62. The van der Waals surface area contributed by atoms with E-state index >= 15 is 0 Å². The van der Waals surface area contributed by atoms with Crippen molar-refractivity contribution in [3.05, 3.63) is 71.0 Å². The van der Waals surface area contributed by atoms with Gasteiger partial charge in [0.2, 0.25) is 0 Å². The largest absolute Gasteiger partial charge is 0.395 e. The number of hydrogen-bond acceptors (Lipinski definition) is 4. The van der Waals surface area contributed by atoms with Crippen molar-refractivity contribution >= 4 is 5.91 Å². The number of rotatable bonds is 3. The second-order valence-corrected chi connectivity index (χ2v) is 8.62. The first-order chi connectivity index (χ1) is 15.5. The minimum atomic E-state index is -0.676. The Labute approximate surface area is 188 Å². The van der Waals surface area contributed by atoms with Crippen LogP contribution in [0.25, 0.3) is 0 Å². The van der Waals surface area contributed by atoms with Crippen LogP contribution in [0.3, 0.4) is 0 Å². The van der Waals surface area contributed by atoms with E-state index in [1.807, 2.05) is 29.2 Å². The maximum atomic E-state index is 13.7. The molecule has 5 nitrogen and oxygen atoms in total. The molecule has 2 saturated heterocycles. The summed E-state index contributed by atoms with van der Waals surface area (Å²) in [6, 6.07) is 13.9. The van der Waals surface area contributed by atoms with Crippen LogP contribution in [0.4, 0.5) is 4.39 Å². The summed E-state index contributed by atoms with van der Waals surface area (Å²) in [5.41, 5.74) is 2.30. The Morgan fingerprint density at radius 2 is 1.94 bits per heavy atom. The standard InChI is InChI=1S/C26H29FN2O3/c1-18(31)7-8-19-9-11-20(12-10-19)25-23-16-28(13-2-3-14-29(23)24(25)17-30)26(32)21-5-4-6-22(27)15-21/h4-6,9-12,15,18,23-25,30-31H,2-3,13-14,16-17H2,1H3/t18-,23+,24+,25-/m1/s1. The fraction of sp³-hybridized carbons (Fsp3) is 0.423. The van der Waals surface area contributed by atoms with Crippen molar-refractivity contribution in [2.75, 3.05) is 26.2 Å². The fourth-order valence-corrected chi connectivity index (χ4v) is 4.91. The van der Waals surface area contributed by atoms with Gasteiger partial charge < -0.3 is 15.1 Å². The van der Waals surface area contributed by atoms with Crippen LogP contribution >= 0.6 is 0 Å². The molecule has 0 bridgehead atoms. The molecule has 168 valence electrons. The number of fused-ring (bicyclic) bond motifs is 1. The third kappa shape index (κ3) is 4.71. The molecular weight excluding hydrogens is 407 g/mol. The molecule has 2 N–H and O–H groups in total. The number of benzene rings is 2. The summed E-state index contributed by atoms with van der Waals surface area (Å²) >= 11 is 0. The summed E-state index contributed by atoms with van der Waals surface area (Å²) in [5.74, 6) is 5.22. The molecule has 4 atom stereocenters. The predicted molar refractivity (Wildman–Crippen MR) is 121 cm³/mol. The van der Waals surface area contributed by atoms with Crippen LogP contribution in [-0.4, -0.2) is 70.3 Å². The summed E-state index contributed by atoms with van der Waals surface area (Å²) in [7, 11) is 0. The van der Waals surface area contributed by atoms with Crippen LogP contribution in [0.1, 0.15) is 47.2 Å². The number of amides is 1. The maximum Gasteiger partial charge on any atom is 0.254 e. The van der Waals surface area contributed by atoms with E-state index in [-0.39, 0.29) is 30.5 Å². The normalized spacial score (nSPS) is 24.2. The number of nitrogens with zero attached hydrogens (tertiary/aromatic N) is 2. The second kappa shape index (κ2) is 9.83. The Morgan fingerprint density at radius 3 is 2.62 bits per heavy atom. The van der Waals surface area contributed by atoms with Crippen LogP contribution < -0.4 is 0 Å². The van der Waals surface area contributed by atoms with Gasteiger partial charge in [-0.05, 0) is 62.2 Å². The van der Waals surface area contributed by atoms with Crippen molar-refractivity contribution in [2.24, 2.45) is 0 Å². The lowest BCUT2D eigenvalue weighted by molar-refractivity contribution is -0.0606. The summed E-state index contributed by atoms with van der Waals surface area (Å²) in [4.78, 5) is 17.2. The average molecular weight is 437 g/mol. The van der Waals surface area contributed by atoms with Crippen molar-refractivity contribution in [1.29, 1.82) is 0 Å². The number of halogens is 1. The zero-order chi connectivity index (χ0) is 22.7. The zero-order valence-corrected chi connectivity index (χ0v) is 18.2. The lowest BCUT2D eigenvalue weighted by atomic mass is 9.74. The van der Waals surface area contributed by atoms with Crippen LogP contribution in [0.2, 0.25) is 0 Å². The molecule has 6 heteroatoms. The van der Waals surface area contributed by atoms with Crippen molar-refractivity contribution < 1.29 is 19.4 Å². The first-order valence-electron chi connectivity index (χ1n) is 11.2. The molecule has 2 heterocycles. The zero-order valence-electron chi connectivity index (χ0n) is 18.2. The topological polar surface area (TPSA) is 64.0 Å². The first kappa shape index (κ1) is 22.5. The number of aliphatic hydroxyl groups excluding tert-OH is 2. The van der Waals surface area contributed by atoms with Crippen molar-refractivity contribution in [3.8, 4) is 11.8 Å². The van der Waals surface area contributed by atoms with Gasteiger partial charge in [0.1, 0.15) is 11.9 Å². The molecular formula is C26H29FN2O3. The molecule has 0 aromatic heterocycles. The minimum absolute atomic E-state index is 0.0126. The first-order valence-corrected chi connectivity index (χ1v) is 11.2. The molecule has 2 fully saturated rings. The SMILES string of the molecule is C[C@@H](O)C#Cc1ccc([C@H]2[C@H](CO)N3CCCCN(C(=O)c4cccc(F)c4)C[C@@H]23)cc1. The molecule has 32 heavy (non-hydrogen) atoms. The third-order valence-corrected chi connectivity index (χ3v) is 6.45. The third-order valence-electron chi connectivity index (χ3n) is 6.45. The smallest absolute Gasteiger partial charge is 0.254 e. The highest BCUT2D eigenvalue weighted by Gasteiger charge is 2.49. The number of carbonyl (C=O) groups is 1. The van der Waals surface area contributed by atoms with E-state index in [0.717, 1.165) is 30.5 Å². The molecule has 0 unspecified atom stereocenters. The molecule has 2 aliphatic rings. The van der Waals surface area contributed by atoms with E-state index in [1.165, 1.54) is 12.1 Å². The van der Waals surface area contributed by atoms with E-state index in [0.29, 0.717) is 18.7 Å². The molecule has 0 spiro atoms. The van der Waals surface area contributed by atoms with Gasteiger partial charge in [0.25, 0.3) is 5.91 Å². The van der Waals surface area contributed by atoms with Crippen molar-refractivity contribution in [1.82, 2.24) is 9.80 Å². The lowest BCUT2D eigenvalue weighted by Crippen LogP contribution is -2.67. The average Bonchev–Trinajstić information content (AvgIpc) is 2.77. The van der Waals surface area contributed by atoms with Gasteiger partial charge in [0.05, 0.1) is 6.61 Å². The number of aliphatic hydroxyl groups is 2. The summed E-state index contributed by atoms with van der Waals surface area (Å²) in [6.07, 6.45) is 1.15. The molecule has 0 aliphatic carbocycles. The Kier molecular flexibility index (Phi) is 6.90. The van der Waals surface area contributed by atoms with Crippen molar-refractivity contribution in [3.63, 3.8) is 0 Å². The highest BCUT2D eigenvalue weighted by atomic mass is 19.1. The molecule has 0 radical (unpaired) electrons. The van der Waals surface area contributed by atoms with Gasteiger partial charge in [0, 0.05) is 42.2 Å². The quantitative estimate of drug-likeness (QED) is 0.727. The maximum absolute atomic E-state index is 13.7. The van der Waals surface area contributed by atoms with Crippen LogP contribution in [0.15, 0.2) is 48.5 Å². The van der Waals surface area contributed by atoms with Crippen molar-refractivity contribution in [2.45, 2.75) is 43.9 Å². The molecule has 4 rings (SSSR count). The van der Waals surface area contributed by atoms with E-state index in [9.17, 15) is 19.4 Å². The summed E-state index contributed by atoms with van der Waals surface area (Å²) in [5, 5.41) is 19.4. The van der Waals surface area contributed by atoms with E-state index in [2.05, 4.69) is 16.7 Å².